The molecule has 0 aliphatic carbocycles. The van der Waals surface area contributed by atoms with Gasteiger partial charge in [0.25, 0.3) is 5.91 Å². The van der Waals surface area contributed by atoms with E-state index < -0.39 is 15.9 Å². The Bertz CT molecular complexity index is 496. The molecular weight excluding hydrogens is 260 g/mol. The number of aromatic amines is 1. The molecule has 1 rings (SSSR count). The second-order valence-corrected chi connectivity index (χ2v) is 5.23. The lowest BCUT2D eigenvalue weighted by molar-refractivity contribution is 0.0949. The molecular formula is C9H16N4O4S. The van der Waals surface area contributed by atoms with Crippen LogP contribution in [0, 0.1) is 0 Å². The topological polar surface area (TPSA) is 126 Å². The maximum Gasteiger partial charge on any atom is 0.281 e. The first kappa shape index (κ1) is 14.6. The molecule has 0 unspecified atom stereocenters. The highest BCUT2D eigenvalue weighted by molar-refractivity contribution is 7.89. The van der Waals surface area contributed by atoms with Gasteiger partial charge in [0.15, 0.2) is 0 Å². The number of aromatic nitrogens is 1. The van der Waals surface area contributed by atoms with Crippen molar-refractivity contribution in [3.8, 4) is 0 Å². The zero-order valence-electron chi connectivity index (χ0n) is 9.89. The molecule has 0 fully saturated rings. The van der Waals surface area contributed by atoms with E-state index in [1.165, 1.54) is 12.3 Å². The molecule has 0 spiro atoms. The Balaban J connectivity index is 2.67. The Morgan fingerprint density at radius 3 is 2.89 bits per heavy atom. The van der Waals surface area contributed by atoms with Gasteiger partial charge in [-0.15, -0.1) is 0 Å². The Morgan fingerprint density at radius 2 is 2.28 bits per heavy atom. The summed E-state index contributed by atoms with van der Waals surface area (Å²) in [4.78, 5) is 13.7. The van der Waals surface area contributed by atoms with Crippen LogP contribution in [-0.4, -0.2) is 39.6 Å². The average molecular weight is 276 g/mol. The van der Waals surface area contributed by atoms with Crippen LogP contribution in [0.1, 0.15) is 16.9 Å². The molecule has 1 amide bonds. The molecule has 1 aromatic rings. The molecule has 1 aromatic heterocycles. The quantitative estimate of drug-likeness (QED) is 0.218. The minimum absolute atomic E-state index is 0.0153. The van der Waals surface area contributed by atoms with Gasteiger partial charge in [-0.05, 0) is 12.5 Å². The molecule has 0 bridgehead atoms. The van der Waals surface area contributed by atoms with Crippen molar-refractivity contribution < 1.29 is 17.9 Å². The monoisotopic (exact) mass is 276 g/mol. The summed E-state index contributed by atoms with van der Waals surface area (Å²) < 4.78 is 30.8. The van der Waals surface area contributed by atoms with Crippen molar-refractivity contribution in [2.24, 2.45) is 5.84 Å². The van der Waals surface area contributed by atoms with E-state index in [0.29, 0.717) is 13.0 Å². The summed E-state index contributed by atoms with van der Waals surface area (Å²) in [7, 11) is -2.08. The molecule has 18 heavy (non-hydrogen) atoms. The van der Waals surface area contributed by atoms with Crippen molar-refractivity contribution in [1.82, 2.24) is 15.1 Å². The summed E-state index contributed by atoms with van der Waals surface area (Å²) >= 11 is 0. The molecule has 0 aromatic carbocycles. The number of H-pyrrole nitrogens is 1. The highest BCUT2D eigenvalue weighted by Crippen LogP contribution is 2.10. The number of carbonyl (C=O) groups is 1. The Labute approximate surface area is 105 Å². The first-order valence-corrected chi connectivity index (χ1v) is 6.67. The third-order valence-corrected chi connectivity index (χ3v) is 3.60. The first-order chi connectivity index (χ1) is 8.51. The molecule has 5 N–H and O–H groups in total. The molecule has 0 radical (unpaired) electrons. The summed E-state index contributed by atoms with van der Waals surface area (Å²) in [6.07, 6.45) is 1.79. The predicted octanol–water partition coefficient (Wildman–Crippen LogP) is -1.07. The number of hydrazine groups is 1. The normalized spacial score (nSPS) is 11.4. The summed E-state index contributed by atoms with van der Waals surface area (Å²) in [5.74, 6) is 4.35. The number of sulfonamides is 1. The van der Waals surface area contributed by atoms with Crippen LogP contribution in [0.2, 0.25) is 0 Å². The summed E-state index contributed by atoms with van der Waals surface area (Å²) in [5, 5.41) is 0. The standard InChI is InChI=1S/C9H16N4O4S/c1-17-4-2-3-12-18(15,16)7-5-8(11-6-7)9(14)13-10/h5-6,11-12H,2-4,10H2,1H3,(H,13,14). The number of ether oxygens (including phenoxy) is 1. The van der Waals surface area contributed by atoms with Crippen LogP contribution in [0.3, 0.4) is 0 Å². The highest BCUT2D eigenvalue weighted by atomic mass is 32.2. The van der Waals surface area contributed by atoms with Crippen molar-refractivity contribution >= 4 is 15.9 Å². The fraction of sp³-hybridized carbons (Fsp3) is 0.444. The van der Waals surface area contributed by atoms with E-state index in [4.69, 9.17) is 10.6 Å². The van der Waals surface area contributed by atoms with Crippen LogP contribution in [0.5, 0.6) is 0 Å². The molecule has 0 saturated heterocycles. The number of nitrogens with one attached hydrogen (secondary N) is 3. The number of amides is 1. The largest absolute Gasteiger partial charge is 0.385 e. The number of methoxy groups -OCH3 is 1. The van der Waals surface area contributed by atoms with Gasteiger partial charge >= 0.3 is 0 Å². The minimum Gasteiger partial charge on any atom is -0.385 e. The van der Waals surface area contributed by atoms with Crippen LogP contribution < -0.4 is 16.0 Å². The van der Waals surface area contributed by atoms with Gasteiger partial charge in [0, 0.05) is 26.5 Å². The van der Waals surface area contributed by atoms with E-state index >= 15 is 0 Å². The van der Waals surface area contributed by atoms with Gasteiger partial charge in [-0.1, -0.05) is 0 Å². The van der Waals surface area contributed by atoms with Crippen molar-refractivity contribution in [3.63, 3.8) is 0 Å². The lowest BCUT2D eigenvalue weighted by atomic mass is 10.4. The molecule has 1 heterocycles. The van der Waals surface area contributed by atoms with Crippen LogP contribution in [0.4, 0.5) is 0 Å². The lowest BCUT2D eigenvalue weighted by Crippen LogP contribution is -2.30. The molecule has 0 saturated carbocycles. The van der Waals surface area contributed by atoms with E-state index in [-0.39, 0.29) is 17.1 Å². The Morgan fingerprint density at radius 1 is 1.56 bits per heavy atom. The maximum absolute atomic E-state index is 11.8. The van der Waals surface area contributed by atoms with Crippen LogP contribution >= 0.6 is 0 Å². The number of carbonyl (C=O) groups excluding carboxylic acids is 1. The molecule has 9 heteroatoms. The Kier molecular flexibility index (Phi) is 5.28. The van der Waals surface area contributed by atoms with Crippen molar-refractivity contribution in [2.45, 2.75) is 11.3 Å². The second-order valence-electron chi connectivity index (χ2n) is 3.47. The fourth-order valence-corrected chi connectivity index (χ4v) is 2.31. The van der Waals surface area contributed by atoms with Gasteiger partial charge in [-0.3, -0.25) is 10.2 Å². The average Bonchev–Trinajstić information content (AvgIpc) is 2.84. The molecule has 0 atom stereocenters. The second kappa shape index (κ2) is 6.50. The Hall–Kier alpha value is -1.42. The van der Waals surface area contributed by atoms with Gasteiger partial charge in [-0.25, -0.2) is 19.0 Å². The molecule has 8 nitrogen and oxygen atoms in total. The summed E-state index contributed by atoms with van der Waals surface area (Å²) in [6, 6.07) is 1.21. The van der Waals surface area contributed by atoms with Crippen molar-refractivity contribution in [3.05, 3.63) is 18.0 Å². The molecule has 0 aliphatic heterocycles. The third-order valence-electron chi connectivity index (χ3n) is 2.16. The number of nitrogens with two attached hydrogens (primary N) is 1. The van der Waals surface area contributed by atoms with Gasteiger partial charge in [0.1, 0.15) is 10.6 Å². The van der Waals surface area contributed by atoms with Gasteiger partial charge in [0.05, 0.1) is 0 Å². The predicted molar refractivity (Wildman–Crippen MR) is 64.1 cm³/mol. The van der Waals surface area contributed by atoms with Crippen molar-refractivity contribution in [1.29, 1.82) is 0 Å². The number of nitrogen functional groups attached to an aromatic ring is 1. The number of hydrogen-bond donors (Lipinski definition) is 4. The van der Waals surface area contributed by atoms with Gasteiger partial charge < -0.3 is 9.72 Å². The lowest BCUT2D eigenvalue weighted by Gasteiger charge is -2.03. The van der Waals surface area contributed by atoms with Crippen molar-refractivity contribution in [2.75, 3.05) is 20.3 Å². The summed E-state index contributed by atoms with van der Waals surface area (Å²) in [6.45, 7) is 0.732. The van der Waals surface area contributed by atoms with E-state index in [1.54, 1.807) is 7.11 Å². The molecule has 0 aliphatic rings. The smallest absolute Gasteiger partial charge is 0.281 e. The number of hydrogen-bond acceptors (Lipinski definition) is 5. The van der Waals surface area contributed by atoms with Crippen LogP contribution in [0.15, 0.2) is 17.2 Å². The van der Waals surface area contributed by atoms with Gasteiger partial charge in [0.2, 0.25) is 10.0 Å². The zero-order valence-corrected chi connectivity index (χ0v) is 10.7. The third kappa shape index (κ3) is 3.81. The maximum atomic E-state index is 11.8. The fourth-order valence-electron chi connectivity index (χ4n) is 1.24. The highest BCUT2D eigenvalue weighted by Gasteiger charge is 2.17. The van der Waals surface area contributed by atoms with E-state index in [2.05, 4.69) is 9.71 Å². The zero-order chi connectivity index (χ0) is 13.6. The van der Waals surface area contributed by atoms with E-state index in [9.17, 15) is 13.2 Å². The van der Waals surface area contributed by atoms with Gasteiger partial charge in [-0.2, -0.15) is 0 Å². The minimum atomic E-state index is -3.62. The number of rotatable bonds is 7. The van der Waals surface area contributed by atoms with E-state index in [1.807, 2.05) is 5.43 Å². The van der Waals surface area contributed by atoms with Crippen LogP contribution in [-0.2, 0) is 14.8 Å². The SMILES string of the molecule is COCCCNS(=O)(=O)c1c[nH]c(C(=O)NN)c1. The first-order valence-electron chi connectivity index (χ1n) is 5.19. The van der Waals surface area contributed by atoms with E-state index in [0.717, 1.165) is 0 Å². The molecule has 102 valence electrons. The van der Waals surface area contributed by atoms with Crippen LogP contribution in [0.25, 0.3) is 0 Å². The summed E-state index contributed by atoms with van der Waals surface area (Å²) in [5.41, 5.74) is 1.98.